The maximum atomic E-state index is 16.1. The molecule has 234 valence electrons. The fourth-order valence-corrected chi connectivity index (χ4v) is 7.59. The van der Waals surface area contributed by atoms with Crippen molar-refractivity contribution in [3.8, 4) is 28.6 Å². The summed E-state index contributed by atoms with van der Waals surface area (Å²) in [5.41, 5.74) is 7.45. The Kier molecular flexibility index (Phi) is 6.54. The largest absolute Gasteiger partial charge is 0.420 e. The van der Waals surface area contributed by atoms with Gasteiger partial charge in [-0.25, -0.2) is 0 Å². The van der Waals surface area contributed by atoms with E-state index in [1.165, 1.54) is 0 Å². The topological polar surface area (TPSA) is 33.6 Å². The molecular formula is C42H30F3N3. The highest BCUT2D eigenvalue weighted by Gasteiger charge is 2.40. The lowest BCUT2D eigenvalue weighted by atomic mass is 9.97. The molecule has 6 aromatic carbocycles. The molecule has 0 unspecified atom stereocenters. The van der Waals surface area contributed by atoms with Crippen molar-refractivity contribution in [2.45, 2.75) is 33.9 Å². The van der Waals surface area contributed by atoms with Crippen LogP contribution in [0.3, 0.4) is 0 Å². The zero-order valence-electron chi connectivity index (χ0n) is 26.9. The highest BCUT2D eigenvalue weighted by atomic mass is 19.4. The SMILES string of the molecule is Cc1cccc2c3cccc(C)c3n(-c3cc(-c4cccc(C#N)c4)cc(-n4c5c(C)cccc5c5cccc(C)c54)c3C(F)(F)F)c12. The molecule has 0 fully saturated rings. The van der Waals surface area contributed by atoms with E-state index >= 15 is 13.2 Å². The predicted octanol–water partition coefficient (Wildman–Crippen LogP) is 11.7. The van der Waals surface area contributed by atoms with Crippen LogP contribution in [0.2, 0.25) is 0 Å². The van der Waals surface area contributed by atoms with Gasteiger partial charge >= 0.3 is 6.18 Å². The van der Waals surface area contributed by atoms with E-state index in [0.29, 0.717) is 16.7 Å². The van der Waals surface area contributed by atoms with Gasteiger partial charge < -0.3 is 9.13 Å². The van der Waals surface area contributed by atoms with Gasteiger partial charge in [-0.15, -0.1) is 0 Å². The summed E-state index contributed by atoms with van der Waals surface area (Å²) in [4.78, 5) is 0. The number of nitrogens with zero attached hydrogens (tertiary/aromatic N) is 3. The standard InChI is InChI=1S/C42H30F3N3/c1-24-10-5-16-31-32-17-6-11-25(2)39(32)47(38(24)31)35-21-30(29-15-9-14-28(20-29)23-46)22-36(37(35)42(43,44)45)48-40-26(3)12-7-18-33(40)34-19-8-13-27(4)41(34)48/h5-22H,1-4H3. The molecule has 3 nitrogen and oxygen atoms in total. The molecule has 0 spiro atoms. The highest BCUT2D eigenvalue weighted by Crippen LogP contribution is 2.47. The lowest BCUT2D eigenvalue weighted by Gasteiger charge is -2.24. The Bertz CT molecular complexity index is 2400. The van der Waals surface area contributed by atoms with Crippen molar-refractivity contribution >= 4 is 43.6 Å². The van der Waals surface area contributed by atoms with Crippen LogP contribution in [0.4, 0.5) is 13.2 Å². The van der Waals surface area contributed by atoms with Gasteiger partial charge in [0.05, 0.1) is 45.1 Å². The monoisotopic (exact) mass is 633 g/mol. The number of aromatic nitrogens is 2. The Morgan fingerprint density at radius 3 is 1.23 bits per heavy atom. The molecule has 8 aromatic rings. The first kappa shape index (κ1) is 29.6. The van der Waals surface area contributed by atoms with Gasteiger partial charge in [0, 0.05) is 21.5 Å². The molecule has 0 aliphatic rings. The minimum Gasteiger partial charge on any atom is -0.308 e. The van der Waals surface area contributed by atoms with Crippen molar-refractivity contribution in [1.82, 2.24) is 9.13 Å². The van der Waals surface area contributed by atoms with E-state index in [0.717, 1.165) is 65.9 Å². The Hall–Kier alpha value is -5.80. The van der Waals surface area contributed by atoms with Gasteiger partial charge in [0.15, 0.2) is 0 Å². The highest BCUT2D eigenvalue weighted by molar-refractivity contribution is 6.13. The molecule has 0 saturated heterocycles. The van der Waals surface area contributed by atoms with Crippen LogP contribution in [0.25, 0.3) is 66.1 Å². The second-order valence-corrected chi connectivity index (χ2v) is 12.6. The average molecular weight is 634 g/mol. The first-order chi connectivity index (χ1) is 23.1. The molecule has 0 bridgehead atoms. The maximum absolute atomic E-state index is 16.1. The predicted molar refractivity (Wildman–Crippen MR) is 189 cm³/mol. The molecule has 8 rings (SSSR count). The molecule has 2 heterocycles. The van der Waals surface area contributed by atoms with Gasteiger partial charge in [0.1, 0.15) is 5.56 Å². The minimum atomic E-state index is -4.74. The lowest BCUT2D eigenvalue weighted by molar-refractivity contribution is -0.137. The van der Waals surface area contributed by atoms with Crippen LogP contribution in [0.1, 0.15) is 33.4 Å². The van der Waals surface area contributed by atoms with Crippen LogP contribution in [0.5, 0.6) is 0 Å². The number of fused-ring (bicyclic) bond motifs is 6. The molecule has 0 atom stereocenters. The number of rotatable bonds is 3. The van der Waals surface area contributed by atoms with Crippen molar-refractivity contribution in [3.63, 3.8) is 0 Å². The second-order valence-electron chi connectivity index (χ2n) is 12.6. The maximum Gasteiger partial charge on any atom is 0.420 e. The first-order valence-electron chi connectivity index (χ1n) is 15.8. The van der Waals surface area contributed by atoms with Crippen molar-refractivity contribution in [3.05, 3.63) is 143 Å². The van der Waals surface area contributed by atoms with E-state index < -0.39 is 11.7 Å². The normalized spacial score (nSPS) is 12.0. The van der Waals surface area contributed by atoms with Crippen molar-refractivity contribution in [1.29, 1.82) is 5.26 Å². The summed E-state index contributed by atoms with van der Waals surface area (Å²) in [6.07, 6.45) is -4.74. The Morgan fingerprint density at radius 2 is 0.875 bits per heavy atom. The van der Waals surface area contributed by atoms with E-state index in [1.54, 1.807) is 30.3 Å². The van der Waals surface area contributed by atoms with E-state index in [4.69, 9.17) is 0 Å². The van der Waals surface area contributed by atoms with E-state index in [1.807, 2.05) is 116 Å². The zero-order chi connectivity index (χ0) is 33.5. The number of aryl methyl sites for hydroxylation is 4. The van der Waals surface area contributed by atoms with Crippen molar-refractivity contribution < 1.29 is 13.2 Å². The Labute approximate surface area is 275 Å². The molecule has 2 aromatic heterocycles. The summed E-state index contributed by atoms with van der Waals surface area (Å²) in [5.74, 6) is 0. The van der Waals surface area contributed by atoms with E-state index in [-0.39, 0.29) is 11.4 Å². The van der Waals surface area contributed by atoms with Crippen LogP contribution in [-0.2, 0) is 6.18 Å². The van der Waals surface area contributed by atoms with Gasteiger partial charge in [-0.05, 0) is 85.3 Å². The molecule has 6 heteroatoms. The zero-order valence-corrected chi connectivity index (χ0v) is 26.9. The fourth-order valence-electron chi connectivity index (χ4n) is 7.59. The van der Waals surface area contributed by atoms with E-state index in [9.17, 15) is 5.26 Å². The van der Waals surface area contributed by atoms with Crippen LogP contribution < -0.4 is 0 Å². The summed E-state index contributed by atoms with van der Waals surface area (Å²) in [6.45, 7) is 7.78. The smallest absolute Gasteiger partial charge is 0.308 e. The number of para-hydroxylation sites is 4. The van der Waals surface area contributed by atoms with Gasteiger partial charge in [-0.1, -0.05) is 84.9 Å². The van der Waals surface area contributed by atoms with Gasteiger partial charge in [0.2, 0.25) is 0 Å². The fraction of sp³-hybridized carbons (Fsp3) is 0.119. The van der Waals surface area contributed by atoms with Crippen molar-refractivity contribution in [2.75, 3.05) is 0 Å². The molecule has 0 aliphatic heterocycles. The van der Waals surface area contributed by atoms with Crippen LogP contribution in [0.15, 0.2) is 109 Å². The van der Waals surface area contributed by atoms with Crippen LogP contribution >= 0.6 is 0 Å². The average Bonchev–Trinajstić information content (AvgIpc) is 3.60. The summed E-state index contributed by atoms with van der Waals surface area (Å²) in [7, 11) is 0. The molecule has 0 radical (unpaired) electrons. The molecule has 48 heavy (non-hydrogen) atoms. The lowest BCUT2D eigenvalue weighted by Crippen LogP contribution is -2.16. The third-order valence-electron chi connectivity index (χ3n) is 9.61. The third kappa shape index (κ3) is 4.28. The van der Waals surface area contributed by atoms with Crippen LogP contribution in [-0.4, -0.2) is 9.13 Å². The summed E-state index contributed by atoms with van der Waals surface area (Å²) >= 11 is 0. The molecule has 0 N–H and O–H groups in total. The Morgan fingerprint density at radius 1 is 0.500 bits per heavy atom. The number of hydrogen-bond donors (Lipinski definition) is 0. The van der Waals surface area contributed by atoms with Gasteiger partial charge in [-0.2, -0.15) is 18.4 Å². The van der Waals surface area contributed by atoms with Crippen LogP contribution in [0, 0.1) is 39.0 Å². The first-order valence-corrected chi connectivity index (χ1v) is 15.8. The molecule has 0 amide bonds. The number of halogens is 3. The number of hydrogen-bond acceptors (Lipinski definition) is 1. The Balaban J connectivity index is 1.66. The summed E-state index contributed by atoms with van der Waals surface area (Å²) < 4.78 is 51.9. The third-order valence-corrected chi connectivity index (χ3v) is 9.61. The van der Waals surface area contributed by atoms with Gasteiger partial charge in [0.25, 0.3) is 0 Å². The number of alkyl halides is 3. The summed E-state index contributed by atoms with van der Waals surface area (Å²) in [5, 5.41) is 13.3. The summed E-state index contributed by atoms with van der Waals surface area (Å²) in [6, 6.07) is 36.1. The second kappa shape index (κ2) is 10.6. The minimum absolute atomic E-state index is 0.0399. The van der Waals surface area contributed by atoms with Gasteiger partial charge in [-0.3, -0.25) is 0 Å². The van der Waals surface area contributed by atoms with E-state index in [2.05, 4.69) is 6.07 Å². The van der Waals surface area contributed by atoms with Crippen molar-refractivity contribution in [2.24, 2.45) is 0 Å². The number of nitriles is 1. The molecular weight excluding hydrogens is 603 g/mol. The quantitative estimate of drug-likeness (QED) is 0.191. The number of benzene rings is 6. The molecule has 0 aliphatic carbocycles. The molecule has 0 saturated carbocycles.